The summed E-state index contributed by atoms with van der Waals surface area (Å²) in [5.74, 6) is 0.141. The molecule has 0 aromatic heterocycles. The van der Waals surface area contributed by atoms with Crippen molar-refractivity contribution in [2.45, 2.75) is 13.0 Å². The number of ether oxygens (including phenoxy) is 3. The SMILES string of the molecule is COC(=O)C(COc1ccccc1OC)NC(C)=O. The fourth-order valence-electron chi connectivity index (χ4n) is 1.47. The van der Waals surface area contributed by atoms with E-state index in [4.69, 9.17) is 9.47 Å². The largest absolute Gasteiger partial charge is 0.493 e. The zero-order chi connectivity index (χ0) is 14.3. The molecular weight excluding hydrogens is 250 g/mol. The average molecular weight is 267 g/mol. The van der Waals surface area contributed by atoms with Crippen LogP contribution in [0.15, 0.2) is 24.3 Å². The van der Waals surface area contributed by atoms with Crippen LogP contribution in [0.1, 0.15) is 6.92 Å². The first-order chi connectivity index (χ1) is 9.08. The van der Waals surface area contributed by atoms with E-state index in [1.807, 2.05) is 0 Å². The fourth-order valence-corrected chi connectivity index (χ4v) is 1.47. The van der Waals surface area contributed by atoms with Crippen molar-refractivity contribution in [3.8, 4) is 11.5 Å². The Morgan fingerprint density at radius 2 is 1.84 bits per heavy atom. The van der Waals surface area contributed by atoms with E-state index in [0.717, 1.165) is 0 Å². The lowest BCUT2D eigenvalue weighted by Gasteiger charge is -2.17. The van der Waals surface area contributed by atoms with Crippen LogP contribution < -0.4 is 14.8 Å². The Morgan fingerprint density at radius 1 is 1.21 bits per heavy atom. The van der Waals surface area contributed by atoms with E-state index < -0.39 is 12.0 Å². The van der Waals surface area contributed by atoms with Crippen LogP contribution in [0, 0.1) is 0 Å². The lowest BCUT2D eigenvalue weighted by atomic mass is 10.3. The van der Waals surface area contributed by atoms with Gasteiger partial charge in [-0.15, -0.1) is 0 Å². The number of esters is 1. The van der Waals surface area contributed by atoms with E-state index in [1.165, 1.54) is 21.1 Å². The third-order valence-electron chi connectivity index (χ3n) is 2.34. The average Bonchev–Trinajstić information content (AvgIpc) is 2.42. The number of methoxy groups -OCH3 is 2. The molecule has 0 heterocycles. The molecule has 104 valence electrons. The lowest BCUT2D eigenvalue weighted by molar-refractivity contribution is -0.145. The number of rotatable bonds is 6. The number of carbonyl (C=O) groups is 2. The molecular formula is C13H17NO5. The van der Waals surface area contributed by atoms with Crippen molar-refractivity contribution in [2.24, 2.45) is 0 Å². The van der Waals surface area contributed by atoms with Crippen LogP contribution in [0.3, 0.4) is 0 Å². The Kier molecular flexibility index (Phi) is 5.66. The summed E-state index contributed by atoms with van der Waals surface area (Å²) in [7, 11) is 2.77. The molecule has 1 unspecified atom stereocenters. The minimum atomic E-state index is -0.854. The van der Waals surface area contributed by atoms with Gasteiger partial charge >= 0.3 is 5.97 Å². The van der Waals surface area contributed by atoms with Gasteiger partial charge < -0.3 is 19.5 Å². The maximum atomic E-state index is 11.5. The molecule has 0 aliphatic carbocycles. The van der Waals surface area contributed by atoms with Crippen molar-refractivity contribution in [1.29, 1.82) is 0 Å². The highest BCUT2D eigenvalue weighted by Crippen LogP contribution is 2.25. The van der Waals surface area contributed by atoms with Crippen LogP contribution in [0.4, 0.5) is 0 Å². The number of para-hydroxylation sites is 2. The molecule has 0 spiro atoms. The van der Waals surface area contributed by atoms with E-state index in [-0.39, 0.29) is 12.5 Å². The number of amides is 1. The van der Waals surface area contributed by atoms with Crippen molar-refractivity contribution < 1.29 is 23.8 Å². The molecule has 1 aromatic carbocycles. The van der Waals surface area contributed by atoms with E-state index in [2.05, 4.69) is 10.1 Å². The number of nitrogens with one attached hydrogen (secondary N) is 1. The van der Waals surface area contributed by atoms with Gasteiger partial charge in [0.05, 0.1) is 14.2 Å². The molecule has 19 heavy (non-hydrogen) atoms. The Balaban J connectivity index is 2.70. The Hall–Kier alpha value is -2.24. The topological polar surface area (TPSA) is 73.9 Å². The second kappa shape index (κ2) is 7.25. The number of carbonyl (C=O) groups excluding carboxylic acids is 2. The van der Waals surface area contributed by atoms with Crippen LogP contribution >= 0.6 is 0 Å². The van der Waals surface area contributed by atoms with E-state index >= 15 is 0 Å². The van der Waals surface area contributed by atoms with Gasteiger partial charge in [-0.3, -0.25) is 4.79 Å². The molecule has 1 atom stereocenters. The van der Waals surface area contributed by atoms with Crippen LogP contribution in [-0.4, -0.2) is 38.7 Å². The van der Waals surface area contributed by atoms with Gasteiger partial charge in [0.15, 0.2) is 17.5 Å². The van der Waals surface area contributed by atoms with Crippen LogP contribution in [-0.2, 0) is 14.3 Å². The third-order valence-corrected chi connectivity index (χ3v) is 2.34. The van der Waals surface area contributed by atoms with Gasteiger partial charge in [0.1, 0.15) is 6.61 Å². The van der Waals surface area contributed by atoms with Crippen molar-refractivity contribution in [1.82, 2.24) is 5.32 Å². The summed E-state index contributed by atoms with van der Waals surface area (Å²) in [4.78, 5) is 22.5. The molecule has 1 N–H and O–H groups in total. The van der Waals surface area contributed by atoms with Gasteiger partial charge in [-0.05, 0) is 12.1 Å². The predicted octanol–water partition coefficient (Wildman–Crippen LogP) is 0.752. The minimum Gasteiger partial charge on any atom is -0.493 e. The first-order valence-electron chi connectivity index (χ1n) is 5.69. The maximum absolute atomic E-state index is 11.5. The second-order valence-electron chi connectivity index (χ2n) is 3.74. The number of hydrogen-bond donors (Lipinski definition) is 1. The summed E-state index contributed by atoms with van der Waals surface area (Å²) in [6.07, 6.45) is 0. The molecule has 0 radical (unpaired) electrons. The number of hydrogen-bond acceptors (Lipinski definition) is 5. The molecule has 0 bridgehead atoms. The van der Waals surface area contributed by atoms with E-state index in [9.17, 15) is 9.59 Å². The zero-order valence-electron chi connectivity index (χ0n) is 11.1. The van der Waals surface area contributed by atoms with Crippen molar-refractivity contribution >= 4 is 11.9 Å². The van der Waals surface area contributed by atoms with Crippen LogP contribution in [0.2, 0.25) is 0 Å². The van der Waals surface area contributed by atoms with Crippen molar-refractivity contribution in [3.05, 3.63) is 24.3 Å². The van der Waals surface area contributed by atoms with E-state index in [0.29, 0.717) is 11.5 Å². The van der Waals surface area contributed by atoms with Crippen molar-refractivity contribution in [2.75, 3.05) is 20.8 Å². The smallest absolute Gasteiger partial charge is 0.331 e. The molecule has 1 amide bonds. The van der Waals surface area contributed by atoms with Crippen LogP contribution in [0.5, 0.6) is 11.5 Å². The summed E-state index contributed by atoms with van der Waals surface area (Å²) in [5.41, 5.74) is 0. The van der Waals surface area contributed by atoms with Gasteiger partial charge in [0.2, 0.25) is 5.91 Å². The van der Waals surface area contributed by atoms with Gasteiger partial charge in [-0.2, -0.15) is 0 Å². The highest BCUT2D eigenvalue weighted by Gasteiger charge is 2.21. The summed E-state index contributed by atoms with van der Waals surface area (Å²) in [5, 5.41) is 2.46. The first-order valence-corrected chi connectivity index (χ1v) is 5.69. The van der Waals surface area contributed by atoms with Gasteiger partial charge in [0.25, 0.3) is 0 Å². The van der Waals surface area contributed by atoms with Crippen molar-refractivity contribution in [3.63, 3.8) is 0 Å². The number of benzene rings is 1. The van der Waals surface area contributed by atoms with Gasteiger partial charge in [0, 0.05) is 6.92 Å². The predicted molar refractivity (Wildman–Crippen MR) is 68.1 cm³/mol. The molecule has 6 nitrogen and oxygen atoms in total. The molecule has 6 heteroatoms. The Labute approximate surface area is 111 Å². The Bertz CT molecular complexity index is 446. The molecule has 0 saturated heterocycles. The molecule has 0 saturated carbocycles. The van der Waals surface area contributed by atoms with Crippen LogP contribution in [0.25, 0.3) is 0 Å². The van der Waals surface area contributed by atoms with Gasteiger partial charge in [-0.25, -0.2) is 4.79 Å². The monoisotopic (exact) mass is 267 g/mol. The highest BCUT2D eigenvalue weighted by atomic mass is 16.5. The van der Waals surface area contributed by atoms with E-state index in [1.54, 1.807) is 24.3 Å². The fraction of sp³-hybridized carbons (Fsp3) is 0.385. The lowest BCUT2D eigenvalue weighted by Crippen LogP contribution is -2.44. The molecule has 0 aliphatic heterocycles. The Morgan fingerprint density at radius 3 is 2.37 bits per heavy atom. The molecule has 1 aromatic rings. The third kappa shape index (κ3) is 4.50. The first kappa shape index (κ1) is 14.8. The minimum absolute atomic E-state index is 0.0351. The summed E-state index contributed by atoms with van der Waals surface area (Å²) in [6.45, 7) is 1.28. The second-order valence-corrected chi connectivity index (χ2v) is 3.74. The molecule has 0 aliphatic rings. The summed E-state index contributed by atoms with van der Waals surface area (Å²) in [6, 6.07) is 6.18. The zero-order valence-corrected chi connectivity index (χ0v) is 11.1. The maximum Gasteiger partial charge on any atom is 0.331 e. The van der Waals surface area contributed by atoms with Gasteiger partial charge in [-0.1, -0.05) is 12.1 Å². The standard InChI is InChI=1S/C13H17NO5/c1-9(15)14-10(13(16)18-3)8-19-12-7-5-4-6-11(12)17-2/h4-7,10H,8H2,1-3H3,(H,14,15). The summed E-state index contributed by atoms with van der Waals surface area (Å²) >= 11 is 0. The normalized spacial score (nSPS) is 11.3. The molecule has 0 fully saturated rings. The highest BCUT2D eigenvalue weighted by molar-refractivity contribution is 5.83. The molecule has 1 rings (SSSR count). The summed E-state index contributed by atoms with van der Waals surface area (Å²) < 4.78 is 15.2. The quantitative estimate of drug-likeness (QED) is 0.770.